The van der Waals surface area contributed by atoms with E-state index in [2.05, 4.69) is 5.32 Å². The van der Waals surface area contributed by atoms with Gasteiger partial charge in [0.15, 0.2) is 0 Å². The van der Waals surface area contributed by atoms with Gasteiger partial charge in [0, 0.05) is 12.6 Å². The number of halogens is 1. The highest BCUT2D eigenvalue weighted by Gasteiger charge is 2.22. The Labute approximate surface area is 135 Å². The first kappa shape index (κ1) is 17.1. The molecule has 5 heteroatoms. The number of benzene rings is 2. The van der Waals surface area contributed by atoms with Gasteiger partial charge in [-0.3, -0.25) is 4.79 Å². The number of amides is 1. The molecule has 122 valence electrons. The Bertz CT molecular complexity index is 631. The summed E-state index contributed by atoms with van der Waals surface area (Å²) in [5, 5.41) is 12.7. The molecule has 0 bridgehead atoms. The van der Waals surface area contributed by atoms with Gasteiger partial charge in [-0.2, -0.15) is 0 Å². The molecule has 0 fully saturated rings. The summed E-state index contributed by atoms with van der Waals surface area (Å²) in [6.45, 7) is 1.80. The molecule has 2 rings (SSSR count). The third-order valence-electron chi connectivity index (χ3n) is 3.86. The fourth-order valence-electron chi connectivity index (χ4n) is 2.29. The lowest BCUT2D eigenvalue weighted by atomic mass is 9.94. The molecular formula is C18H21FN2O2. The van der Waals surface area contributed by atoms with Crippen LogP contribution in [0.25, 0.3) is 0 Å². The molecule has 0 aromatic heterocycles. The van der Waals surface area contributed by atoms with E-state index in [1.54, 1.807) is 6.92 Å². The molecular weight excluding hydrogens is 295 g/mol. The Hall–Kier alpha value is -2.24. The van der Waals surface area contributed by atoms with Gasteiger partial charge in [0.2, 0.25) is 5.91 Å². The zero-order valence-electron chi connectivity index (χ0n) is 12.9. The lowest BCUT2D eigenvalue weighted by Crippen LogP contribution is -2.37. The predicted octanol–water partition coefficient (Wildman–Crippen LogP) is 2.31. The highest BCUT2D eigenvalue weighted by Crippen LogP contribution is 2.19. The Morgan fingerprint density at radius 3 is 2.35 bits per heavy atom. The van der Waals surface area contributed by atoms with Crippen molar-refractivity contribution >= 4 is 5.91 Å². The molecule has 23 heavy (non-hydrogen) atoms. The molecule has 0 aliphatic carbocycles. The van der Waals surface area contributed by atoms with Crippen LogP contribution in [0.1, 0.15) is 30.2 Å². The maximum atomic E-state index is 12.9. The van der Waals surface area contributed by atoms with Gasteiger partial charge in [-0.1, -0.05) is 49.4 Å². The maximum Gasteiger partial charge on any atom is 0.224 e. The summed E-state index contributed by atoms with van der Waals surface area (Å²) in [6.07, 6.45) is -0.889. The van der Waals surface area contributed by atoms with Crippen LogP contribution >= 0.6 is 0 Å². The minimum absolute atomic E-state index is 0.0519. The number of hydrogen-bond donors (Lipinski definition) is 3. The second-order valence-corrected chi connectivity index (χ2v) is 5.54. The van der Waals surface area contributed by atoms with Crippen molar-refractivity contribution in [2.24, 2.45) is 11.7 Å². The average molecular weight is 316 g/mol. The van der Waals surface area contributed by atoms with E-state index < -0.39 is 18.1 Å². The molecule has 4 N–H and O–H groups in total. The van der Waals surface area contributed by atoms with Gasteiger partial charge in [0.1, 0.15) is 5.82 Å². The van der Waals surface area contributed by atoms with Crippen LogP contribution in [0.3, 0.4) is 0 Å². The topological polar surface area (TPSA) is 75.3 Å². The van der Waals surface area contributed by atoms with E-state index in [0.29, 0.717) is 5.56 Å². The van der Waals surface area contributed by atoms with Crippen molar-refractivity contribution in [3.8, 4) is 0 Å². The number of nitrogens with one attached hydrogen (secondary N) is 1. The average Bonchev–Trinajstić information content (AvgIpc) is 2.59. The van der Waals surface area contributed by atoms with Gasteiger partial charge in [-0.05, 0) is 23.3 Å². The summed E-state index contributed by atoms with van der Waals surface area (Å²) in [4.78, 5) is 12.2. The molecule has 3 atom stereocenters. The normalized spacial score (nSPS) is 14.8. The zero-order valence-corrected chi connectivity index (χ0v) is 12.9. The Balaban J connectivity index is 1.89. The SMILES string of the molecule is CC(C(=O)NCC(O)c1ccc(F)cc1)C(N)c1ccccc1. The minimum atomic E-state index is -0.889. The van der Waals surface area contributed by atoms with Crippen molar-refractivity contribution in [3.63, 3.8) is 0 Å². The fourth-order valence-corrected chi connectivity index (χ4v) is 2.29. The van der Waals surface area contributed by atoms with Crippen molar-refractivity contribution in [2.45, 2.75) is 19.1 Å². The third-order valence-corrected chi connectivity index (χ3v) is 3.86. The third kappa shape index (κ3) is 4.61. The van der Waals surface area contributed by atoms with Gasteiger partial charge < -0.3 is 16.2 Å². The number of carbonyl (C=O) groups excluding carboxylic acids is 1. The summed E-state index contributed by atoms with van der Waals surface area (Å²) in [6, 6.07) is 14.5. The zero-order chi connectivity index (χ0) is 16.8. The first-order valence-corrected chi connectivity index (χ1v) is 7.51. The van der Waals surface area contributed by atoms with Crippen LogP contribution in [0.5, 0.6) is 0 Å². The van der Waals surface area contributed by atoms with Crippen molar-refractivity contribution in [3.05, 3.63) is 71.5 Å². The van der Waals surface area contributed by atoms with Crippen molar-refractivity contribution in [2.75, 3.05) is 6.54 Å². The fraction of sp³-hybridized carbons (Fsp3) is 0.278. The monoisotopic (exact) mass is 316 g/mol. The van der Waals surface area contributed by atoms with E-state index in [9.17, 15) is 14.3 Å². The maximum absolute atomic E-state index is 12.9. The second kappa shape index (κ2) is 7.85. The minimum Gasteiger partial charge on any atom is -0.387 e. The van der Waals surface area contributed by atoms with Crippen LogP contribution in [0.2, 0.25) is 0 Å². The van der Waals surface area contributed by atoms with E-state index in [-0.39, 0.29) is 18.3 Å². The molecule has 4 nitrogen and oxygen atoms in total. The lowest BCUT2D eigenvalue weighted by Gasteiger charge is -2.21. The molecule has 0 aliphatic rings. The summed E-state index contributed by atoms with van der Waals surface area (Å²) in [5.41, 5.74) is 7.54. The number of hydrogen-bond acceptors (Lipinski definition) is 3. The predicted molar refractivity (Wildman–Crippen MR) is 86.9 cm³/mol. The standard InChI is InChI=1S/C18H21FN2O2/c1-12(17(20)14-5-3-2-4-6-14)18(23)21-11-16(22)13-7-9-15(19)10-8-13/h2-10,12,16-17,22H,11,20H2,1H3,(H,21,23). The van der Waals surface area contributed by atoms with Crippen LogP contribution in [0.4, 0.5) is 4.39 Å². The molecule has 0 spiro atoms. The summed E-state index contributed by atoms with van der Waals surface area (Å²) >= 11 is 0. The van der Waals surface area contributed by atoms with E-state index in [1.165, 1.54) is 24.3 Å². The molecule has 3 unspecified atom stereocenters. The number of carbonyl (C=O) groups is 1. The summed E-state index contributed by atoms with van der Waals surface area (Å²) in [7, 11) is 0. The number of rotatable bonds is 6. The quantitative estimate of drug-likeness (QED) is 0.765. The van der Waals surface area contributed by atoms with Gasteiger partial charge in [0.25, 0.3) is 0 Å². The molecule has 0 saturated heterocycles. The number of nitrogens with two attached hydrogens (primary N) is 1. The summed E-state index contributed by atoms with van der Waals surface area (Å²) < 4.78 is 12.9. The number of aliphatic hydroxyl groups excluding tert-OH is 1. The molecule has 1 amide bonds. The molecule has 0 radical (unpaired) electrons. The lowest BCUT2D eigenvalue weighted by molar-refractivity contribution is -0.125. The van der Waals surface area contributed by atoms with E-state index in [1.807, 2.05) is 30.3 Å². The van der Waals surface area contributed by atoms with Crippen LogP contribution in [-0.4, -0.2) is 17.6 Å². The molecule has 0 saturated carbocycles. The van der Waals surface area contributed by atoms with Crippen molar-refractivity contribution < 1.29 is 14.3 Å². The first-order valence-electron chi connectivity index (χ1n) is 7.51. The van der Waals surface area contributed by atoms with Crippen molar-refractivity contribution in [1.82, 2.24) is 5.32 Å². The highest BCUT2D eigenvalue weighted by molar-refractivity contribution is 5.79. The van der Waals surface area contributed by atoms with Gasteiger partial charge >= 0.3 is 0 Å². The highest BCUT2D eigenvalue weighted by atomic mass is 19.1. The number of aliphatic hydroxyl groups is 1. The van der Waals surface area contributed by atoms with Gasteiger partial charge in [0.05, 0.1) is 12.0 Å². The van der Waals surface area contributed by atoms with Gasteiger partial charge in [-0.15, -0.1) is 0 Å². The van der Waals surface area contributed by atoms with Crippen LogP contribution < -0.4 is 11.1 Å². The molecule has 0 heterocycles. The van der Waals surface area contributed by atoms with Crippen LogP contribution in [0.15, 0.2) is 54.6 Å². The molecule has 0 aliphatic heterocycles. The van der Waals surface area contributed by atoms with Crippen molar-refractivity contribution in [1.29, 1.82) is 0 Å². The van der Waals surface area contributed by atoms with E-state index in [4.69, 9.17) is 5.73 Å². The first-order chi connectivity index (χ1) is 11.0. The molecule has 2 aromatic carbocycles. The van der Waals surface area contributed by atoms with Gasteiger partial charge in [-0.25, -0.2) is 4.39 Å². The second-order valence-electron chi connectivity index (χ2n) is 5.54. The smallest absolute Gasteiger partial charge is 0.224 e. The van der Waals surface area contributed by atoms with E-state index >= 15 is 0 Å². The summed E-state index contributed by atoms with van der Waals surface area (Å²) in [5.74, 6) is -1.03. The van der Waals surface area contributed by atoms with E-state index in [0.717, 1.165) is 5.56 Å². The Morgan fingerprint density at radius 1 is 1.13 bits per heavy atom. The largest absolute Gasteiger partial charge is 0.387 e. The Morgan fingerprint density at radius 2 is 1.74 bits per heavy atom. The van der Waals surface area contributed by atoms with Crippen LogP contribution in [0, 0.1) is 11.7 Å². The van der Waals surface area contributed by atoms with Crippen LogP contribution in [-0.2, 0) is 4.79 Å². The molecule has 2 aromatic rings. The Kier molecular flexibility index (Phi) is 5.84.